The Morgan fingerprint density at radius 3 is 1.67 bits per heavy atom. The van der Waals surface area contributed by atoms with E-state index in [0.717, 1.165) is 62.0 Å². The van der Waals surface area contributed by atoms with Gasteiger partial charge in [0.25, 0.3) is 0 Å². The van der Waals surface area contributed by atoms with Gasteiger partial charge in [0.1, 0.15) is 11.3 Å². The van der Waals surface area contributed by atoms with Gasteiger partial charge in [0.05, 0.1) is 12.6 Å². The highest BCUT2D eigenvalue weighted by Crippen LogP contribution is 2.23. The quantitative estimate of drug-likeness (QED) is 0.0723. The number of fused-ring (bicyclic) bond motifs is 1. The maximum atomic E-state index is 13.0. The van der Waals surface area contributed by atoms with E-state index >= 15 is 0 Å². The van der Waals surface area contributed by atoms with Crippen molar-refractivity contribution < 1.29 is 9.53 Å². The zero-order chi connectivity index (χ0) is 35.0. The van der Waals surface area contributed by atoms with E-state index in [1.807, 2.05) is 24.4 Å². The molecule has 1 aromatic carbocycles. The summed E-state index contributed by atoms with van der Waals surface area (Å²) in [6.45, 7) is 9.21. The van der Waals surface area contributed by atoms with E-state index < -0.39 is 0 Å². The molecule has 0 saturated heterocycles. The molecule has 0 unspecified atom stereocenters. The molecule has 0 saturated carbocycles. The molecular weight excluding hydrogens is 603 g/mol. The first kappa shape index (κ1) is 43.0. The minimum Gasteiger partial charge on any atom is -0.491 e. The number of para-hydroxylation sites is 1. The monoisotopic (exact) mass is 680 g/mol. The summed E-state index contributed by atoms with van der Waals surface area (Å²) in [6, 6.07) is 10.1. The lowest BCUT2D eigenvalue weighted by atomic mass is 9.98. The molecule has 0 spiro atoms. The van der Waals surface area contributed by atoms with Gasteiger partial charge in [-0.05, 0) is 43.9 Å². The molecule has 0 radical (unpaired) electrons. The molecule has 0 aliphatic rings. The van der Waals surface area contributed by atoms with E-state index in [1.54, 1.807) is 0 Å². The molecular formula is C44H77N3O2. The maximum Gasteiger partial charge on any atom is 0.237 e. The number of ether oxygens (including phenoxy) is 1. The summed E-state index contributed by atoms with van der Waals surface area (Å²) < 4.78 is 6.03. The molecule has 0 bridgehead atoms. The van der Waals surface area contributed by atoms with Gasteiger partial charge in [-0.2, -0.15) is 0 Å². The summed E-state index contributed by atoms with van der Waals surface area (Å²) in [4.78, 5) is 17.5. The molecule has 1 amide bonds. The standard InChI is InChI=1S/C44H77N3O2/c1-4-6-7-8-9-10-11-12-13-14-15-16-18-22-25-28-36-47-44(48)42(39(3)5-2)45-35-27-24-21-19-17-20-23-26-29-38-49-41-34-30-32-40-33-31-37-46-43(40)41/h30-34,37,39,42,45H,4-29,35-36,38H2,1-3H3,(H,47,48)/t39-,42-/m0/s1. The van der Waals surface area contributed by atoms with Crippen LogP contribution >= 0.6 is 0 Å². The molecule has 2 aromatic rings. The molecule has 5 nitrogen and oxygen atoms in total. The van der Waals surface area contributed by atoms with Crippen LogP contribution in [0.3, 0.4) is 0 Å². The average Bonchev–Trinajstić information content (AvgIpc) is 3.12. The number of amides is 1. The lowest BCUT2D eigenvalue weighted by Gasteiger charge is -2.23. The Kier molecular flexibility index (Phi) is 26.9. The second kappa shape index (κ2) is 30.7. The number of hydrogen-bond acceptors (Lipinski definition) is 4. The van der Waals surface area contributed by atoms with Gasteiger partial charge in [0.2, 0.25) is 5.91 Å². The first-order valence-corrected chi connectivity index (χ1v) is 21.1. The van der Waals surface area contributed by atoms with Gasteiger partial charge < -0.3 is 15.4 Å². The van der Waals surface area contributed by atoms with Crippen LogP contribution in [0.1, 0.15) is 188 Å². The first-order chi connectivity index (χ1) is 24.2. The predicted octanol–water partition coefficient (Wildman–Crippen LogP) is 12.5. The van der Waals surface area contributed by atoms with E-state index in [2.05, 4.69) is 48.5 Å². The van der Waals surface area contributed by atoms with Crippen LogP contribution in [0.25, 0.3) is 10.9 Å². The number of aromatic nitrogens is 1. The molecule has 0 fully saturated rings. The topological polar surface area (TPSA) is 63.2 Å². The maximum absolute atomic E-state index is 13.0. The summed E-state index contributed by atoms with van der Waals surface area (Å²) in [7, 11) is 0. The summed E-state index contributed by atoms with van der Waals surface area (Å²) in [5.74, 6) is 1.46. The SMILES string of the molecule is CCCCCCCCCCCCCCCCCCNC(=O)[C@@H](NCCCCCCCCCCCOc1cccc2cccnc12)[C@@H](C)CC. The molecule has 1 aromatic heterocycles. The van der Waals surface area contributed by atoms with E-state index in [4.69, 9.17) is 4.74 Å². The van der Waals surface area contributed by atoms with Crippen LogP contribution in [0, 0.1) is 5.92 Å². The van der Waals surface area contributed by atoms with Gasteiger partial charge in [-0.1, -0.05) is 187 Å². The van der Waals surface area contributed by atoms with Crippen LogP contribution in [-0.4, -0.2) is 36.6 Å². The zero-order valence-corrected chi connectivity index (χ0v) is 32.4. The largest absolute Gasteiger partial charge is 0.491 e. The van der Waals surface area contributed by atoms with Gasteiger partial charge in [-0.25, -0.2) is 0 Å². The van der Waals surface area contributed by atoms with Gasteiger partial charge in [0.15, 0.2) is 0 Å². The number of pyridine rings is 1. The highest BCUT2D eigenvalue weighted by Gasteiger charge is 2.22. The van der Waals surface area contributed by atoms with Crippen molar-refractivity contribution in [2.75, 3.05) is 19.7 Å². The van der Waals surface area contributed by atoms with E-state index in [-0.39, 0.29) is 11.9 Å². The number of carbonyl (C=O) groups is 1. The number of hydrogen-bond donors (Lipinski definition) is 2. The second-order valence-corrected chi connectivity index (χ2v) is 14.8. The lowest BCUT2D eigenvalue weighted by molar-refractivity contribution is -0.124. The third kappa shape index (κ3) is 21.6. The first-order valence-electron chi connectivity index (χ1n) is 21.1. The van der Waals surface area contributed by atoms with E-state index in [9.17, 15) is 4.79 Å². The van der Waals surface area contributed by atoms with E-state index in [0.29, 0.717) is 5.92 Å². The number of rotatable bonds is 34. The molecule has 2 N–H and O–H groups in total. The van der Waals surface area contributed by atoms with Crippen molar-refractivity contribution in [2.24, 2.45) is 5.92 Å². The average molecular weight is 680 g/mol. The van der Waals surface area contributed by atoms with Crippen molar-refractivity contribution >= 4 is 16.8 Å². The lowest BCUT2D eigenvalue weighted by Crippen LogP contribution is -2.48. The third-order valence-corrected chi connectivity index (χ3v) is 10.4. The Labute approximate surface area is 302 Å². The van der Waals surface area contributed by atoms with E-state index in [1.165, 1.54) is 141 Å². The van der Waals surface area contributed by atoms with Gasteiger partial charge >= 0.3 is 0 Å². The third-order valence-electron chi connectivity index (χ3n) is 10.4. The van der Waals surface area contributed by atoms with Gasteiger partial charge in [0, 0.05) is 18.1 Å². The van der Waals surface area contributed by atoms with Crippen molar-refractivity contribution in [3.05, 3.63) is 36.5 Å². The Morgan fingerprint density at radius 2 is 1.12 bits per heavy atom. The zero-order valence-electron chi connectivity index (χ0n) is 32.4. The van der Waals surface area contributed by atoms with Gasteiger partial charge in [-0.15, -0.1) is 0 Å². The van der Waals surface area contributed by atoms with Crippen LogP contribution < -0.4 is 15.4 Å². The van der Waals surface area contributed by atoms with Crippen LogP contribution in [-0.2, 0) is 4.79 Å². The fourth-order valence-corrected chi connectivity index (χ4v) is 6.88. The molecule has 0 aliphatic heterocycles. The minimum absolute atomic E-state index is 0.0630. The molecule has 2 rings (SSSR count). The van der Waals surface area contributed by atoms with Crippen molar-refractivity contribution in [1.29, 1.82) is 0 Å². The number of nitrogens with one attached hydrogen (secondary N) is 2. The summed E-state index contributed by atoms with van der Waals surface area (Å²) in [6.07, 6.45) is 36.1. The Hall–Kier alpha value is -2.14. The Balaban J connectivity index is 1.37. The fraction of sp³-hybridized carbons (Fsp3) is 0.773. The smallest absolute Gasteiger partial charge is 0.237 e. The molecule has 49 heavy (non-hydrogen) atoms. The van der Waals surface area contributed by atoms with Crippen LogP contribution in [0.15, 0.2) is 36.5 Å². The van der Waals surface area contributed by atoms with Crippen molar-refractivity contribution in [3.8, 4) is 5.75 Å². The highest BCUT2D eigenvalue weighted by molar-refractivity contribution is 5.84. The highest BCUT2D eigenvalue weighted by atomic mass is 16.5. The Morgan fingerprint density at radius 1 is 0.633 bits per heavy atom. The van der Waals surface area contributed by atoms with Gasteiger partial charge in [-0.3, -0.25) is 9.78 Å². The predicted molar refractivity (Wildman–Crippen MR) is 213 cm³/mol. The molecule has 2 atom stereocenters. The normalized spacial score (nSPS) is 12.7. The molecule has 280 valence electrons. The Bertz CT molecular complexity index is 1040. The number of nitrogens with zero attached hydrogens (tertiary/aromatic N) is 1. The molecule has 0 aliphatic carbocycles. The number of carbonyl (C=O) groups excluding carboxylic acids is 1. The molecule has 1 heterocycles. The van der Waals surface area contributed by atoms with Crippen LogP contribution in [0.5, 0.6) is 5.75 Å². The fourth-order valence-electron chi connectivity index (χ4n) is 6.88. The number of benzene rings is 1. The van der Waals surface area contributed by atoms with Crippen LogP contribution in [0.2, 0.25) is 0 Å². The summed E-state index contributed by atoms with van der Waals surface area (Å²) in [5, 5.41) is 7.98. The second-order valence-electron chi connectivity index (χ2n) is 14.8. The van der Waals surface area contributed by atoms with Crippen molar-refractivity contribution in [2.45, 2.75) is 194 Å². The minimum atomic E-state index is -0.0630. The number of unbranched alkanes of at least 4 members (excludes halogenated alkanes) is 23. The molecule has 5 heteroatoms. The van der Waals surface area contributed by atoms with Crippen molar-refractivity contribution in [3.63, 3.8) is 0 Å². The van der Waals surface area contributed by atoms with Crippen molar-refractivity contribution in [1.82, 2.24) is 15.6 Å². The van der Waals surface area contributed by atoms with Crippen LogP contribution in [0.4, 0.5) is 0 Å². The summed E-state index contributed by atoms with van der Waals surface area (Å²) >= 11 is 0. The summed E-state index contributed by atoms with van der Waals surface area (Å²) in [5.41, 5.74) is 0.958.